The minimum Gasteiger partial charge on any atom is -0.453 e. The number of benzene rings is 2. The molecule has 0 bridgehead atoms. The zero-order chi connectivity index (χ0) is 46.8. The number of ether oxygens (including phenoxy) is 3. The number of alkyl halides is 3. The fourth-order valence-electron chi connectivity index (χ4n) is 8.82. The van der Waals surface area contributed by atoms with E-state index < -0.39 is 41.6 Å². The predicted molar refractivity (Wildman–Crippen MR) is 237 cm³/mol. The molecule has 15 nitrogen and oxygen atoms in total. The Morgan fingerprint density at radius 1 is 0.938 bits per heavy atom. The number of pyridine rings is 1. The molecule has 348 valence electrons. The molecule has 3 aliphatic heterocycles. The molecule has 0 radical (unpaired) electrons. The van der Waals surface area contributed by atoms with E-state index in [9.17, 15) is 32.3 Å². The average molecular weight is 923 g/mol. The van der Waals surface area contributed by atoms with E-state index in [1.165, 1.54) is 19.4 Å². The van der Waals surface area contributed by atoms with Crippen LogP contribution in [0.1, 0.15) is 82.5 Å². The molecule has 3 saturated heterocycles. The maximum absolute atomic E-state index is 14.2. The highest BCUT2D eigenvalue weighted by Crippen LogP contribution is 2.40. The van der Waals surface area contributed by atoms with Gasteiger partial charge in [0.25, 0.3) is 5.91 Å². The van der Waals surface area contributed by atoms with Crippen LogP contribution in [-0.4, -0.2) is 113 Å². The average Bonchev–Trinajstić information content (AvgIpc) is 3.92. The summed E-state index contributed by atoms with van der Waals surface area (Å²) in [5, 5.41) is 5.32. The van der Waals surface area contributed by atoms with Gasteiger partial charge in [0.2, 0.25) is 11.8 Å². The Kier molecular flexibility index (Phi) is 14.0. The molecule has 3 N–H and O–H groups in total. The number of anilines is 2. The van der Waals surface area contributed by atoms with Crippen molar-refractivity contribution in [1.82, 2.24) is 30.1 Å². The number of aromatic nitrogens is 3. The van der Waals surface area contributed by atoms with Crippen LogP contribution in [0.5, 0.6) is 5.75 Å². The zero-order valence-corrected chi connectivity index (χ0v) is 37.9. The lowest BCUT2D eigenvalue weighted by Gasteiger charge is -2.42. The summed E-state index contributed by atoms with van der Waals surface area (Å²) in [6.07, 6.45) is -0.0498. The molecule has 0 saturated carbocycles. The Labute approximate surface area is 380 Å². The van der Waals surface area contributed by atoms with Crippen molar-refractivity contribution in [2.75, 3.05) is 50.2 Å². The van der Waals surface area contributed by atoms with Crippen LogP contribution in [0.2, 0.25) is 5.02 Å². The molecule has 0 aliphatic carbocycles. The van der Waals surface area contributed by atoms with Crippen molar-refractivity contribution in [1.29, 1.82) is 0 Å². The summed E-state index contributed by atoms with van der Waals surface area (Å²) >= 11 is 6.60. The molecule has 4 aromatic rings. The molecule has 19 heteroatoms. The minimum absolute atomic E-state index is 0.00341. The van der Waals surface area contributed by atoms with Gasteiger partial charge in [-0.15, -0.1) is 13.2 Å². The Bertz CT molecular complexity index is 2370. The number of piperazine rings is 1. The molecule has 4 atom stereocenters. The van der Waals surface area contributed by atoms with Gasteiger partial charge in [0.15, 0.2) is 0 Å². The number of rotatable bonds is 10. The Morgan fingerprint density at radius 3 is 2.28 bits per heavy atom. The summed E-state index contributed by atoms with van der Waals surface area (Å²) in [5.41, 5.74) is 1.05. The number of alkyl carbamates (subject to hydrolysis) is 1. The standard InChI is InChI=1S/C46H54ClF3N8O7/c1-26-7-13-36(58(26)42(60)39(55-44(62)63-6)30-15-19-64-20-16-30)40-52-24-35(54-40)29-10-8-28(9-11-29)32-21-34(47)33(22-37(32)65-46(48,49)50)41(59)53-31-12-14-38(51-23-31)57-18-17-56(25-27(57)2)43(61)45(3,4)5/h8-12,14,21-24,26-27,30,36,39H,7,13,15-20,25H2,1-6H3,(H,52,54)(H,53,59)(H,55,62)/t26-,27+,36-,39-/m0/s1. The number of amides is 4. The van der Waals surface area contributed by atoms with Crippen LogP contribution in [-0.2, 0) is 19.1 Å². The quantitative estimate of drug-likeness (QED) is 0.141. The summed E-state index contributed by atoms with van der Waals surface area (Å²) in [6, 6.07) is 10.8. The molecule has 3 fully saturated rings. The monoisotopic (exact) mass is 922 g/mol. The molecule has 5 heterocycles. The van der Waals surface area contributed by atoms with E-state index in [1.807, 2.05) is 39.5 Å². The molecular weight excluding hydrogens is 869 g/mol. The summed E-state index contributed by atoms with van der Waals surface area (Å²) in [4.78, 5) is 71.1. The first-order valence-corrected chi connectivity index (χ1v) is 22.0. The van der Waals surface area contributed by atoms with E-state index in [0.29, 0.717) is 86.3 Å². The number of hydrogen-bond donors (Lipinski definition) is 3. The highest BCUT2D eigenvalue weighted by molar-refractivity contribution is 6.35. The van der Waals surface area contributed by atoms with E-state index in [0.717, 1.165) is 12.5 Å². The number of aromatic amines is 1. The van der Waals surface area contributed by atoms with Gasteiger partial charge in [-0.2, -0.15) is 0 Å². The second-order valence-corrected chi connectivity index (χ2v) is 18.2. The molecule has 4 amide bonds. The largest absolute Gasteiger partial charge is 0.573 e. The number of halogens is 4. The van der Waals surface area contributed by atoms with Crippen LogP contribution in [0.4, 0.5) is 29.5 Å². The van der Waals surface area contributed by atoms with Gasteiger partial charge in [-0.1, -0.05) is 56.6 Å². The Hall–Kier alpha value is -5.88. The SMILES string of the molecule is COC(=O)N[C@H](C(=O)N1[C@@H](C)CC[C@H]1c1nc(-c2ccc(-c3cc(Cl)c(C(=O)Nc4ccc(N5CCN(C(=O)C(C)(C)C)C[C@H]5C)nc4)cc3OC(F)(F)F)cc2)c[nH]1)C1CCOCC1. The smallest absolute Gasteiger partial charge is 0.453 e. The number of imidazole rings is 1. The first-order valence-electron chi connectivity index (χ1n) is 21.6. The van der Waals surface area contributed by atoms with E-state index in [1.54, 1.807) is 47.5 Å². The fraction of sp³-hybridized carbons (Fsp3) is 0.478. The molecule has 2 aromatic carbocycles. The van der Waals surface area contributed by atoms with E-state index in [4.69, 9.17) is 26.1 Å². The molecule has 2 aromatic heterocycles. The van der Waals surface area contributed by atoms with Crippen LogP contribution >= 0.6 is 11.6 Å². The van der Waals surface area contributed by atoms with Crippen molar-refractivity contribution in [3.05, 3.63) is 77.3 Å². The molecule has 0 unspecified atom stereocenters. The van der Waals surface area contributed by atoms with Crippen LogP contribution in [0.3, 0.4) is 0 Å². The van der Waals surface area contributed by atoms with Crippen molar-refractivity contribution in [3.8, 4) is 28.1 Å². The molecule has 0 spiro atoms. The number of nitrogens with zero attached hydrogens (tertiary/aromatic N) is 5. The Morgan fingerprint density at radius 2 is 1.65 bits per heavy atom. The highest BCUT2D eigenvalue weighted by atomic mass is 35.5. The van der Waals surface area contributed by atoms with Crippen molar-refractivity contribution < 1.29 is 46.6 Å². The third-order valence-corrected chi connectivity index (χ3v) is 12.5. The molecule has 65 heavy (non-hydrogen) atoms. The summed E-state index contributed by atoms with van der Waals surface area (Å²) in [5.74, 6) is -0.477. The highest BCUT2D eigenvalue weighted by Gasteiger charge is 2.43. The molecule has 7 rings (SSSR count). The van der Waals surface area contributed by atoms with Gasteiger partial charge in [0.05, 0.1) is 41.3 Å². The second-order valence-electron chi connectivity index (χ2n) is 17.8. The maximum atomic E-state index is 14.2. The van der Waals surface area contributed by atoms with Gasteiger partial charge >= 0.3 is 12.5 Å². The first-order chi connectivity index (χ1) is 30.8. The number of likely N-dealkylation sites (tertiary alicyclic amines) is 1. The normalized spacial score (nSPS) is 20.0. The number of carbonyl (C=O) groups excluding carboxylic acids is 4. The minimum atomic E-state index is -5.09. The van der Waals surface area contributed by atoms with Gasteiger partial charge < -0.3 is 44.5 Å². The lowest BCUT2D eigenvalue weighted by Crippen LogP contribution is -2.56. The van der Waals surface area contributed by atoms with Gasteiger partial charge in [-0.05, 0) is 75.3 Å². The second kappa shape index (κ2) is 19.3. The van der Waals surface area contributed by atoms with Crippen LogP contribution in [0.25, 0.3) is 22.4 Å². The van der Waals surface area contributed by atoms with Gasteiger partial charge in [0.1, 0.15) is 23.4 Å². The van der Waals surface area contributed by atoms with Crippen molar-refractivity contribution in [3.63, 3.8) is 0 Å². The number of carbonyl (C=O) groups is 4. The Balaban J connectivity index is 1.05. The third kappa shape index (κ3) is 10.8. The van der Waals surface area contributed by atoms with Crippen LogP contribution < -0.4 is 20.3 Å². The van der Waals surface area contributed by atoms with Gasteiger partial charge in [0, 0.05) is 67.7 Å². The van der Waals surface area contributed by atoms with Crippen molar-refractivity contribution in [2.45, 2.75) is 90.8 Å². The third-order valence-electron chi connectivity index (χ3n) is 12.2. The van der Waals surface area contributed by atoms with E-state index in [-0.39, 0.29) is 46.0 Å². The lowest BCUT2D eigenvalue weighted by atomic mass is 9.90. The van der Waals surface area contributed by atoms with E-state index in [2.05, 4.69) is 30.2 Å². The fourth-order valence-corrected chi connectivity index (χ4v) is 9.07. The summed E-state index contributed by atoms with van der Waals surface area (Å²) < 4.78 is 56.3. The van der Waals surface area contributed by atoms with Crippen molar-refractivity contribution in [2.24, 2.45) is 11.3 Å². The number of methoxy groups -OCH3 is 1. The topological polar surface area (TPSA) is 171 Å². The lowest BCUT2D eigenvalue weighted by molar-refractivity contribution is -0.274. The zero-order valence-electron chi connectivity index (χ0n) is 37.1. The number of H-pyrrole nitrogens is 1. The molecular formula is C46H54ClF3N8O7. The van der Waals surface area contributed by atoms with E-state index >= 15 is 0 Å². The maximum Gasteiger partial charge on any atom is 0.573 e. The van der Waals surface area contributed by atoms with Crippen molar-refractivity contribution >= 4 is 46.9 Å². The number of hydrogen-bond acceptors (Lipinski definition) is 10. The van der Waals surface area contributed by atoms with Crippen LogP contribution in [0.15, 0.2) is 60.9 Å². The number of nitrogens with one attached hydrogen (secondary N) is 3. The summed E-state index contributed by atoms with van der Waals surface area (Å²) in [7, 11) is 1.25. The first kappa shape index (κ1) is 47.1. The van der Waals surface area contributed by atoms with Gasteiger partial charge in [-0.3, -0.25) is 14.4 Å². The van der Waals surface area contributed by atoms with Crippen LogP contribution in [0, 0.1) is 11.3 Å². The summed E-state index contributed by atoms with van der Waals surface area (Å²) in [6.45, 7) is 12.2. The predicted octanol–water partition coefficient (Wildman–Crippen LogP) is 8.23. The molecule has 3 aliphatic rings. The van der Waals surface area contributed by atoms with Gasteiger partial charge in [-0.25, -0.2) is 14.8 Å².